The smallest absolute Gasteiger partial charge is 0.00990 e. The fourth-order valence-electron chi connectivity index (χ4n) is 1.45. The van der Waals surface area contributed by atoms with Crippen LogP contribution in [0.5, 0.6) is 0 Å². The van der Waals surface area contributed by atoms with Crippen LogP contribution in [0.25, 0.3) is 0 Å². The lowest BCUT2D eigenvalue weighted by atomic mass is 10.2. The number of rotatable bonds is 5. The van der Waals surface area contributed by atoms with Crippen LogP contribution in [0, 0.1) is 5.92 Å². The molecule has 0 saturated heterocycles. The second-order valence-electron chi connectivity index (χ2n) is 3.73. The second-order valence-corrected chi connectivity index (χ2v) is 3.73. The van der Waals surface area contributed by atoms with Crippen LogP contribution in [0.4, 0.5) is 0 Å². The number of nitrogens with two attached hydrogens (primary N) is 1. The van der Waals surface area contributed by atoms with Crippen LogP contribution in [-0.4, -0.2) is 18.6 Å². The standard InChI is InChI=1S/C9H20N2/c1-3-8-6-9(8)11-5-4-7(2)10/h7-9,11H,3-6,10H2,1-2H3. The third-order valence-electron chi connectivity index (χ3n) is 2.45. The quantitative estimate of drug-likeness (QED) is 0.626. The molecule has 66 valence electrons. The van der Waals surface area contributed by atoms with Crippen molar-refractivity contribution in [3.63, 3.8) is 0 Å². The lowest BCUT2D eigenvalue weighted by Gasteiger charge is -2.05. The van der Waals surface area contributed by atoms with Gasteiger partial charge < -0.3 is 11.1 Å². The normalized spacial score (nSPS) is 31.9. The Labute approximate surface area is 69.5 Å². The first-order chi connectivity index (χ1) is 5.24. The summed E-state index contributed by atoms with van der Waals surface area (Å²) in [6, 6.07) is 1.17. The van der Waals surface area contributed by atoms with Crippen LogP contribution in [0.3, 0.4) is 0 Å². The molecule has 3 atom stereocenters. The van der Waals surface area contributed by atoms with E-state index in [1.807, 2.05) is 0 Å². The molecular formula is C9H20N2. The molecule has 0 heterocycles. The van der Waals surface area contributed by atoms with Gasteiger partial charge in [0.2, 0.25) is 0 Å². The zero-order valence-electron chi connectivity index (χ0n) is 7.64. The summed E-state index contributed by atoms with van der Waals surface area (Å²) in [5, 5.41) is 3.51. The minimum Gasteiger partial charge on any atom is -0.328 e. The van der Waals surface area contributed by atoms with Crippen molar-refractivity contribution in [1.29, 1.82) is 0 Å². The molecule has 0 aromatic rings. The van der Waals surface area contributed by atoms with E-state index >= 15 is 0 Å². The molecule has 11 heavy (non-hydrogen) atoms. The van der Waals surface area contributed by atoms with Crippen molar-refractivity contribution in [1.82, 2.24) is 5.32 Å². The summed E-state index contributed by atoms with van der Waals surface area (Å²) in [7, 11) is 0. The van der Waals surface area contributed by atoms with E-state index in [-0.39, 0.29) is 0 Å². The number of hydrogen-bond donors (Lipinski definition) is 2. The molecule has 1 saturated carbocycles. The molecule has 1 aliphatic carbocycles. The van der Waals surface area contributed by atoms with Gasteiger partial charge in [0.1, 0.15) is 0 Å². The molecule has 3 N–H and O–H groups in total. The van der Waals surface area contributed by atoms with E-state index in [1.54, 1.807) is 0 Å². The lowest BCUT2D eigenvalue weighted by molar-refractivity contribution is 0.563. The molecule has 3 unspecified atom stereocenters. The van der Waals surface area contributed by atoms with E-state index < -0.39 is 0 Å². The van der Waals surface area contributed by atoms with Crippen LogP contribution in [0.1, 0.15) is 33.1 Å². The maximum atomic E-state index is 5.63. The molecule has 0 spiro atoms. The largest absolute Gasteiger partial charge is 0.328 e. The predicted molar refractivity (Wildman–Crippen MR) is 48.5 cm³/mol. The van der Waals surface area contributed by atoms with Crippen molar-refractivity contribution in [3.05, 3.63) is 0 Å². The molecule has 2 heteroatoms. The first kappa shape index (κ1) is 9.01. The molecule has 1 aliphatic rings. The van der Waals surface area contributed by atoms with Crippen LogP contribution < -0.4 is 11.1 Å². The lowest BCUT2D eigenvalue weighted by Crippen LogP contribution is -2.26. The van der Waals surface area contributed by atoms with Gasteiger partial charge in [0.05, 0.1) is 0 Å². The number of hydrogen-bond acceptors (Lipinski definition) is 2. The Balaban J connectivity index is 1.90. The summed E-state index contributed by atoms with van der Waals surface area (Å²) in [5.41, 5.74) is 5.63. The van der Waals surface area contributed by atoms with Gasteiger partial charge in [-0.3, -0.25) is 0 Å². The summed E-state index contributed by atoms with van der Waals surface area (Å²) >= 11 is 0. The van der Waals surface area contributed by atoms with Gasteiger partial charge in [-0.2, -0.15) is 0 Å². The van der Waals surface area contributed by atoms with E-state index in [0.717, 1.165) is 24.9 Å². The molecule has 0 radical (unpaired) electrons. The van der Waals surface area contributed by atoms with Crippen molar-refractivity contribution in [2.75, 3.05) is 6.54 Å². The highest BCUT2D eigenvalue weighted by atomic mass is 15.0. The van der Waals surface area contributed by atoms with Crippen molar-refractivity contribution in [2.45, 2.75) is 45.2 Å². The van der Waals surface area contributed by atoms with Gasteiger partial charge >= 0.3 is 0 Å². The topological polar surface area (TPSA) is 38.0 Å². The SMILES string of the molecule is CCC1CC1NCCC(C)N. The molecule has 2 nitrogen and oxygen atoms in total. The highest BCUT2D eigenvalue weighted by Crippen LogP contribution is 2.32. The first-order valence-electron chi connectivity index (χ1n) is 4.73. The zero-order chi connectivity index (χ0) is 8.27. The molecular weight excluding hydrogens is 136 g/mol. The van der Waals surface area contributed by atoms with Gasteiger partial charge in [0.25, 0.3) is 0 Å². The zero-order valence-corrected chi connectivity index (χ0v) is 7.64. The van der Waals surface area contributed by atoms with Crippen LogP contribution in [0.2, 0.25) is 0 Å². The Morgan fingerprint density at radius 3 is 2.82 bits per heavy atom. The first-order valence-corrected chi connectivity index (χ1v) is 4.73. The van der Waals surface area contributed by atoms with Crippen LogP contribution in [0.15, 0.2) is 0 Å². The molecule has 0 aromatic heterocycles. The fourth-order valence-corrected chi connectivity index (χ4v) is 1.45. The molecule has 1 rings (SSSR count). The molecule has 0 aliphatic heterocycles. The highest BCUT2D eigenvalue weighted by molar-refractivity contribution is 4.91. The average molecular weight is 156 g/mol. The third-order valence-corrected chi connectivity index (χ3v) is 2.45. The van der Waals surface area contributed by atoms with E-state index in [4.69, 9.17) is 5.73 Å². The van der Waals surface area contributed by atoms with Gasteiger partial charge in [0.15, 0.2) is 0 Å². The van der Waals surface area contributed by atoms with Crippen LogP contribution >= 0.6 is 0 Å². The molecule has 1 fully saturated rings. The Kier molecular flexibility index (Phi) is 3.34. The van der Waals surface area contributed by atoms with E-state index in [9.17, 15) is 0 Å². The monoisotopic (exact) mass is 156 g/mol. The number of nitrogens with one attached hydrogen (secondary N) is 1. The summed E-state index contributed by atoms with van der Waals surface area (Å²) in [5.74, 6) is 0.961. The predicted octanol–water partition coefficient (Wildman–Crippen LogP) is 1.11. The minimum atomic E-state index is 0.348. The summed E-state index contributed by atoms with van der Waals surface area (Å²) < 4.78 is 0. The van der Waals surface area contributed by atoms with Crippen molar-refractivity contribution in [3.8, 4) is 0 Å². The molecule has 0 amide bonds. The molecule has 0 aromatic carbocycles. The fraction of sp³-hybridized carbons (Fsp3) is 1.00. The maximum Gasteiger partial charge on any atom is 0.00990 e. The Morgan fingerprint density at radius 1 is 1.64 bits per heavy atom. The summed E-state index contributed by atoms with van der Waals surface area (Å²) in [6.45, 7) is 5.42. The Hall–Kier alpha value is -0.0800. The van der Waals surface area contributed by atoms with Crippen molar-refractivity contribution >= 4 is 0 Å². The van der Waals surface area contributed by atoms with Gasteiger partial charge in [-0.05, 0) is 32.2 Å². The third kappa shape index (κ3) is 3.21. The Morgan fingerprint density at radius 2 is 2.36 bits per heavy atom. The summed E-state index contributed by atoms with van der Waals surface area (Å²) in [6.07, 6.45) is 3.82. The van der Waals surface area contributed by atoms with Gasteiger partial charge in [0, 0.05) is 12.1 Å². The van der Waals surface area contributed by atoms with Gasteiger partial charge in [-0.1, -0.05) is 13.3 Å². The Bertz CT molecular complexity index is 112. The highest BCUT2D eigenvalue weighted by Gasteiger charge is 2.34. The average Bonchev–Trinajstić information content (AvgIpc) is 2.66. The summed E-state index contributed by atoms with van der Waals surface area (Å²) in [4.78, 5) is 0. The van der Waals surface area contributed by atoms with E-state index in [0.29, 0.717) is 6.04 Å². The van der Waals surface area contributed by atoms with E-state index in [1.165, 1.54) is 12.8 Å². The van der Waals surface area contributed by atoms with Crippen molar-refractivity contribution < 1.29 is 0 Å². The van der Waals surface area contributed by atoms with Gasteiger partial charge in [-0.15, -0.1) is 0 Å². The molecule has 0 bridgehead atoms. The van der Waals surface area contributed by atoms with E-state index in [2.05, 4.69) is 19.2 Å². The van der Waals surface area contributed by atoms with Crippen LogP contribution in [-0.2, 0) is 0 Å². The second kappa shape index (κ2) is 4.07. The minimum absolute atomic E-state index is 0.348. The van der Waals surface area contributed by atoms with Crippen molar-refractivity contribution in [2.24, 2.45) is 11.7 Å². The maximum absolute atomic E-state index is 5.63. The van der Waals surface area contributed by atoms with Gasteiger partial charge in [-0.25, -0.2) is 0 Å².